The Morgan fingerprint density at radius 3 is 2.94 bits per heavy atom. The number of benzene rings is 1. The van der Waals surface area contributed by atoms with Crippen LogP contribution in [0.2, 0.25) is 0 Å². The monoisotopic (exact) mass is 311 g/mol. The van der Waals surface area contributed by atoms with Crippen molar-refractivity contribution in [3.8, 4) is 0 Å². The van der Waals surface area contributed by atoms with E-state index in [0.29, 0.717) is 6.04 Å². The molecule has 1 aliphatic heterocycles. The normalized spacial score (nSPS) is 21.9. The van der Waals surface area contributed by atoms with Crippen molar-refractivity contribution in [2.45, 2.75) is 12.5 Å². The molecule has 3 nitrogen and oxygen atoms in total. The summed E-state index contributed by atoms with van der Waals surface area (Å²) in [5.41, 5.74) is 1.32. The van der Waals surface area contributed by atoms with Gasteiger partial charge in [0.25, 0.3) is 0 Å². The molecule has 1 heterocycles. The van der Waals surface area contributed by atoms with Crippen LogP contribution in [0.15, 0.2) is 28.7 Å². The van der Waals surface area contributed by atoms with Crippen LogP contribution in [0.25, 0.3) is 0 Å². The predicted octanol–water partition coefficient (Wildman–Crippen LogP) is 2.18. The molecular weight excluding hydrogens is 290 g/mol. The van der Waals surface area contributed by atoms with Gasteiger partial charge in [0.15, 0.2) is 0 Å². The Morgan fingerprint density at radius 2 is 2.22 bits per heavy atom. The average molecular weight is 312 g/mol. The van der Waals surface area contributed by atoms with E-state index in [1.807, 2.05) is 7.05 Å². The van der Waals surface area contributed by atoms with Crippen LogP contribution in [0.1, 0.15) is 6.42 Å². The number of rotatable bonds is 3. The molecule has 1 aromatic carbocycles. The quantitative estimate of drug-likeness (QED) is 0.923. The SMILES string of the molecule is CNCC1CN(C)CCCN1c1cccc(Br)c1. The zero-order chi connectivity index (χ0) is 13.0. The summed E-state index contributed by atoms with van der Waals surface area (Å²) in [5, 5.41) is 3.32. The second-order valence-corrected chi connectivity index (χ2v) is 5.92. The lowest BCUT2D eigenvalue weighted by Gasteiger charge is -2.33. The standard InChI is InChI=1S/C14H22BrN3/c1-16-10-14-11-17(2)7-4-8-18(14)13-6-3-5-12(15)9-13/h3,5-6,9,14,16H,4,7-8,10-11H2,1-2H3. The molecule has 4 heteroatoms. The number of hydrogen-bond donors (Lipinski definition) is 1. The molecule has 1 fully saturated rings. The molecule has 1 N–H and O–H groups in total. The Kier molecular flexibility index (Phi) is 5.03. The second kappa shape index (κ2) is 6.55. The van der Waals surface area contributed by atoms with Crippen LogP contribution in [0.3, 0.4) is 0 Å². The molecule has 0 spiro atoms. The molecule has 0 saturated carbocycles. The van der Waals surface area contributed by atoms with Gasteiger partial charge in [0.05, 0.1) is 6.04 Å². The van der Waals surface area contributed by atoms with Gasteiger partial charge in [-0.25, -0.2) is 0 Å². The van der Waals surface area contributed by atoms with Gasteiger partial charge in [0, 0.05) is 29.8 Å². The molecule has 0 amide bonds. The fraction of sp³-hybridized carbons (Fsp3) is 0.571. The Labute approximate surface area is 118 Å². The molecule has 1 atom stereocenters. The number of likely N-dealkylation sites (N-methyl/N-ethyl adjacent to an activating group) is 2. The van der Waals surface area contributed by atoms with E-state index in [1.54, 1.807) is 0 Å². The van der Waals surface area contributed by atoms with Gasteiger partial charge >= 0.3 is 0 Å². The third kappa shape index (κ3) is 3.46. The molecule has 0 radical (unpaired) electrons. The minimum atomic E-state index is 0.539. The summed E-state index contributed by atoms with van der Waals surface area (Å²) in [7, 11) is 4.25. The van der Waals surface area contributed by atoms with Crippen molar-refractivity contribution >= 4 is 21.6 Å². The molecule has 1 aliphatic rings. The summed E-state index contributed by atoms with van der Waals surface area (Å²) >= 11 is 3.57. The molecule has 18 heavy (non-hydrogen) atoms. The average Bonchev–Trinajstić information content (AvgIpc) is 2.51. The third-order valence-corrected chi connectivity index (χ3v) is 3.97. The largest absolute Gasteiger partial charge is 0.366 e. The Morgan fingerprint density at radius 1 is 1.39 bits per heavy atom. The van der Waals surface area contributed by atoms with E-state index in [9.17, 15) is 0 Å². The van der Waals surface area contributed by atoms with Crippen molar-refractivity contribution in [1.29, 1.82) is 0 Å². The summed E-state index contributed by atoms with van der Waals surface area (Å²) in [6, 6.07) is 9.16. The van der Waals surface area contributed by atoms with Crippen LogP contribution in [0.5, 0.6) is 0 Å². The Balaban J connectivity index is 2.21. The lowest BCUT2D eigenvalue weighted by molar-refractivity contribution is 0.328. The van der Waals surface area contributed by atoms with Crippen molar-refractivity contribution in [3.63, 3.8) is 0 Å². The highest BCUT2D eigenvalue weighted by molar-refractivity contribution is 9.10. The zero-order valence-electron chi connectivity index (χ0n) is 11.2. The van der Waals surface area contributed by atoms with E-state index in [4.69, 9.17) is 0 Å². The van der Waals surface area contributed by atoms with E-state index >= 15 is 0 Å². The minimum Gasteiger partial charge on any atom is -0.366 e. The third-order valence-electron chi connectivity index (χ3n) is 3.48. The molecule has 1 unspecified atom stereocenters. The summed E-state index contributed by atoms with van der Waals surface area (Å²) in [4.78, 5) is 4.96. The lowest BCUT2D eigenvalue weighted by Crippen LogP contribution is -2.46. The highest BCUT2D eigenvalue weighted by Crippen LogP contribution is 2.23. The molecule has 0 bridgehead atoms. The maximum absolute atomic E-state index is 3.57. The van der Waals surface area contributed by atoms with E-state index in [1.165, 1.54) is 18.7 Å². The van der Waals surface area contributed by atoms with Crippen LogP contribution in [0.4, 0.5) is 5.69 Å². The fourth-order valence-electron chi connectivity index (χ4n) is 2.65. The smallest absolute Gasteiger partial charge is 0.0541 e. The molecule has 2 rings (SSSR count). The molecule has 100 valence electrons. The van der Waals surface area contributed by atoms with Gasteiger partial charge in [-0.2, -0.15) is 0 Å². The van der Waals surface area contributed by atoms with Crippen molar-refractivity contribution in [1.82, 2.24) is 10.2 Å². The van der Waals surface area contributed by atoms with Gasteiger partial charge in [0.1, 0.15) is 0 Å². The summed E-state index contributed by atoms with van der Waals surface area (Å²) in [5.74, 6) is 0. The Bertz CT molecular complexity index is 383. The predicted molar refractivity (Wildman–Crippen MR) is 81.3 cm³/mol. The number of nitrogens with one attached hydrogen (secondary N) is 1. The second-order valence-electron chi connectivity index (χ2n) is 5.00. The lowest BCUT2D eigenvalue weighted by atomic mass is 10.2. The maximum Gasteiger partial charge on any atom is 0.0541 e. The van der Waals surface area contributed by atoms with E-state index in [0.717, 1.165) is 24.1 Å². The van der Waals surface area contributed by atoms with Gasteiger partial charge in [-0.05, 0) is 45.3 Å². The van der Waals surface area contributed by atoms with E-state index < -0.39 is 0 Å². The first-order valence-corrected chi connectivity index (χ1v) is 7.35. The number of hydrogen-bond acceptors (Lipinski definition) is 3. The van der Waals surface area contributed by atoms with E-state index in [-0.39, 0.29) is 0 Å². The first-order chi connectivity index (χ1) is 8.70. The van der Waals surface area contributed by atoms with Crippen LogP contribution in [0, 0.1) is 0 Å². The molecule has 0 aliphatic carbocycles. The summed E-state index contributed by atoms with van der Waals surface area (Å²) < 4.78 is 1.15. The Hall–Kier alpha value is -0.580. The molecular formula is C14H22BrN3. The molecule has 1 aromatic rings. The zero-order valence-corrected chi connectivity index (χ0v) is 12.8. The van der Waals surface area contributed by atoms with Crippen molar-refractivity contribution in [2.24, 2.45) is 0 Å². The van der Waals surface area contributed by atoms with Gasteiger partial charge in [0.2, 0.25) is 0 Å². The van der Waals surface area contributed by atoms with E-state index in [2.05, 4.69) is 62.4 Å². The van der Waals surface area contributed by atoms with Gasteiger partial charge in [-0.3, -0.25) is 0 Å². The number of nitrogens with zero attached hydrogens (tertiary/aromatic N) is 2. The van der Waals surface area contributed by atoms with Crippen LogP contribution in [-0.4, -0.2) is 51.2 Å². The van der Waals surface area contributed by atoms with Crippen LogP contribution >= 0.6 is 15.9 Å². The maximum atomic E-state index is 3.57. The highest BCUT2D eigenvalue weighted by atomic mass is 79.9. The van der Waals surface area contributed by atoms with Gasteiger partial charge in [-0.1, -0.05) is 22.0 Å². The summed E-state index contributed by atoms with van der Waals surface area (Å²) in [6.45, 7) is 4.46. The topological polar surface area (TPSA) is 18.5 Å². The first kappa shape index (κ1) is 13.8. The summed E-state index contributed by atoms with van der Waals surface area (Å²) in [6.07, 6.45) is 1.23. The van der Waals surface area contributed by atoms with Crippen LogP contribution in [-0.2, 0) is 0 Å². The van der Waals surface area contributed by atoms with Crippen molar-refractivity contribution in [2.75, 3.05) is 45.2 Å². The van der Waals surface area contributed by atoms with Crippen molar-refractivity contribution < 1.29 is 0 Å². The van der Waals surface area contributed by atoms with Crippen molar-refractivity contribution in [3.05, 3.63) is 28.7 Å². The first-order valence-electron chi connectivity index (χ1n) is 6.56. The number of halogens is 1. The minimum absolute atomic E-state index is 0.539. The van der Waals surface area contributed by atoms with Gasteiger partial charge < -0.3 is 15.1 Å². The number of anilines is 1. The molecule has 1 saturated heterocycles. The molecule has 0 aromatic heterocycles. The van der Waals surface area contributed by atoms with Gasteiger partial charge in [-0.15, -0.1) is 0 Å². The highest BCUT2D eigenvalue weighted by Gasteiger charge is 2.23. The van der Waals surface area contributed by atoms with Crippen LogP contribution < -0.4 is 10.2 Å². The fourth-order valence-corrected chi connectivity index (χ4v) is 3.04.